The van der Waals surface area contributed by atoms with Crippen LogP contribution in [0, 0.1) is 5.92 Å². The first-order chi connectivity index (χ1) is 7.97. The van der Waals surface area contributed by atoms with Crippen molar-refractivity contribution in [3.05, 3.63) is 0 Å². The van der Waals surface area contributed by atoms with Gasteiger partial charge < -0.3 is 10.1 Å². The molecule has 1 atom stereocenters. The minimum absolute atomic E-state index is 0.343. The molecule has 0 aromatic heterocycles. The first-order valence-corrected chi connectivity index (χ1v) is 7.29. The number of carbonyl (C=O) groups is 1. The van der Waals surface area contributed by atoms with Gasteiger partial charge in [-0.1, -0.05) is 0 Å². The highest BCUT2D eigenvalue weighted by Gasteiger charge is 2.29. The summed E-state index contributed by atoms with van der Waals surface area (Å²) >= 11 is 0. The first kappa shape index (κ1) is 14.4. The quantitative estimate of drug-likeness (QED) is 0.652. The van der Waals surface area contributed by atoms with E-state index in [4.69, 9.17) is 0 Å². The summed E-state index contributed by atoms with van der Waals surface area (Å²) in [5, 5.41) is 2.05. The molecule has 100 valence electrons. The van der Waals surface area contributed by atoms with Crippen molar-refractivity contribution >= 4 is 16.0 Å². The Morgan fingerprint density at radius 1 is 1.47 bits per heavy atom. The molecule has 0 aromatic carbocycles. The summed E-state index contributed by atoms with van der Waals surface area (Å²) in [5.74, 6) is -0.390. The molecule has 0 saturated carbocycles. The van der Waals surface area contributed by atoms with E-state index in [-0.39, 0.29) is 0 Å². The van der Waals surface area contributed by atoms with Crippen LogP contribution in [0.25, 0.3) is 0 Å². The highest BCUT2D eigenvalue weighted by Crippen LogP contribution is 2.11. The summed E-state index contributed by atoms with van der Waals surface area (Å²) in [4.78, 5) is 11.2. The minimum Gasteiger partial charge on any atom is -0.468 e. The van der Waals surface area contributed by atoms with Gasteiger partial charge in [0.1, 0.15) is 0 Å². The minimum atomic E-state index is -3.62. The topological polar surface area (TPSA) is 84.5 Å². The summed E-state index contributed by atoms with van der Waals surface area (Å²) < 4.78 is 30.4. The second kappa shape index (κ2) is 6.32. The number of hydrogen-bond donors (Lipinski definition) is 2. The molecule has 1 heterocycles. The molecule has 1 rings (SSSR count). The van der Waals surface area contributed by atoms with Gasteiger partial charge in [0.05, 0.1) is 7.11 Å². The van der Waals surface area contributed by atoms with Crippen LogP contribution < -0.4 is 10.0 Å². The van der Waals surface area contributed by atoms with Crippen LogP contribution in [0.2, 0.25) is 0 Å². The zero-order chi connectivity index (χ0) is 12.9. The van der Waals surface area contributed by atoms with E-state index in [1.54, 1.807) is 0 Å². The molecule has 1 unspecified atom stereocenters. The molecule has 0 aliphatic carbocycles. The van der Waals surface area contributed by atoms with Gasteiger partial charge in [-0.05, 0) is 38.8 Å². The predicted molar refractivity (Wildman–Crippen MR) is 64.0 cm³/mol. The Bertz CT molecular complexity index is 349. The molecular weight excluding hydrogens is 244 g/mol. The van der Waals surface area contributed by atoms with Crippen molar-refractivity contribution in [3.63, 3.8) is 0 Å². The maximum Gasteiger partial charge on any atom is 0.325 e. The van der Waals surface area contributed by atoms with Gasteiger partial charge in [-0.2, -0.15) is 0 Å². The molecule has 1 saturated heterocycles. The highest BCUT2D eigenvalue weighted by atomic mass is 32.2. The smallest absolute Gasteiger partial charge is 0.325 e. The average Bonchev–Trinajstić information content (AvgIpc) is 2.36. The van der Waals surface area contributed by atoms with Gasteiger partial charge in [0, 0.05) is 6.54 Å². The standard InChI is InChI=1S/C10H20N2O4S/c1-8(10(13)16-2)17(14,15)12-7-9-3-5-11-6-4-9/h8-9,11-12H,3-7H2,1-2H3. The Labute approximate surface area is 102 Å². The van der Waals surface area contributed by atoms with Gasteiger partial charge in [-0.3, -0.25) is 4.79 Å². The number of esters is 1. The van der Waals surface area contributed by atoms with Crippen LogP contribution in [0.3, 0.4) is 0 Å². The normalized spacial score (nSPS) is 19.9. The fourth-order valence-electron chi connectivity index (χ4n) is 1.74. The molecule has 0 spiro atoms. The van der Waals surface area contributed by atoms with Crippen molar-refractivity contribution in [2.75, 3.05) is 26.7 Å². The summed E-state index contributed by atoms with van der Waals surface area (Å²) in [6.45, 7) is 3.56. The molecule has 2 N–H and O–H groups in total. The van der Waals surface area contributed by atoms with Gasteiger partial charge in [-0.25, -0.2) is 13.1 Å². The number of methoxy groups -OCH3 is 1. The number of rotatable bonds is 5. The van der Waals surface area contributed by atoms with Crippen LogP contribution in [-0.2, 0) is 19.6 Å². The van der Waals surface area contributed by atoms with Gasteiger partial charge in [0.25, 0.3) is 0 Å². The summed E-state index contributed by atoms with van der Waals surface area (Å²) in [5.41, 5.74) is 0. The third-order valence-electron chi connectivity index (χ3n) is 3.03. The second-order valence-corrected chi connectivity index (χ2v) is 6.34. The lowest BCUT2D eigenvalue weighted by atomic mass is 9.99. The van der Waals surface area contributed by atoms with Crippen molar-refractivity contribution in [1.82, 2.24) is 10.0 Å². The maximum atomic E-state index is 11.7. The van der Waals surface area contributed by atoms with Crippen molar-refractivity contribution in [2.45, 2.75) is 25.0 Å². The van der Waals surface area contributed by atoms with Crippen molar-refractivity contribution in [2.24, 2.45) is 5.92 Å². The molecule has 1 fully saturated rings. The van der Waals surface area contributed by atoms with Crippen LogP contribution in [0.15, 0.2) is 0 Å². The fourth-order valence-corrected chi connectivity index (χ4v) is 2.81. The molecule has 17 heavy (non-hydrogen) atoms. The van der Waals surface area contributed by atoms with Crippen molar-refractivity contribution in [3.8, 4) is 0 Å². The lowest BCUT2D eigenvalue weighted by molar-refractivity contribution is -0.139. The Morgan fingerprint density at radius 2 is 2.06 bits per heavy atom. The molecule has 0 bridgehead atoms. The Hall–Kier alpha value is -0.660. The molecule has 0 amide bonds. The molecule has 1 aliphatic rings. The summed E-state index contributed by atoms with van der Waals surface area (Å²) in [6.07, 6.45) is 1.91. The largest absolute Gasteiger partial charge is 0.468 e. The Morgan fingerprint density at radius 3 is 2.59 bits per heavy atom. The number of ether oxygens (including phenoxy) is 1. The van der Waals surface area contributed by atoms with E-state index < -0.39 is 21.2 Å². The first-order valence-electron chi connectivity index (χ1n) is 5.74. The number of nitrogens with one attached hydrogen (secondary N) is 2. The van der Waals surface area contributed by atoms with E-state index in [2.05, 4.69) is 14.8 Å². The summed E-state index contributed by atoms with van der Waals surface area (Å²) in [7, 11) is -2.43. The number of hydrogen-bond acceptors (Lipinski definition) is 5. The molecule has 6 nitrogen and oxygen atoms in total. The SMILES string of the molecule is COC(=O)C(C)S(=O)(=O)NCC1CCNCC1. The third kappa shape index (κ3) is 4.25. The predicted octanol–water partition coefficient (Wildman–Crippen LogP) is -0.533. The van der Waals surface area contributed by atoms with Crippen LogP contribution in [0.5, 0.6) is 0 Å². The fraction of sp³-hybridized carbons (Fsp3) is 0.900. The molecule has 7 heteroatoms. The number of carbonyl (C=O) groups excluding carboxylic acids is 1. The highest BCUT2D eigenvalue weighted by molar-refractivity contribution is 7.90. The van der Waals surface area contributed by atoms with Gasteiger partial charge >= 0.3 is 5.97 Å². The molecular formula is C10H20N2O4S. The van der Waals surface area contributed by atoms with Crippen LogP contribution in [0.1, 0.15) is 19.8 Å². The van der Waals surface area contributed by atoms with Crippen LogP contribution in [-0.4, -0.2) is 46.4 Å². The molecule has 0 aromatic rings. The number of piperidine rings is 1. The number of sulfonamides is 1. The van der Waals surface area contributed by atoms with E-state index >= 15 is 0 Å². The second-order valence-electron chi connectivity index (χ2n) is 4.25. The Balaban J connectivity index is 2.46. The van der Waals surface area contributed by atoms with Gasteiger partial charge in [-0.15, -0.1) is 0 Å². The maximum absolute atomic E-state index is 11.7. The van der Waals surface area contributed by atoms with Gasteiger partial charge in [0.15, 0.2) is 5.25 Å². The summed E-state index contributed by atoms with van der Waals surface area (Å²) in [6, 6.07) is 0. The van der Waals surface area contributed by atoms with Gasteiger partial charge in [0.2, 0.25) is 10.0 Å². The lowest BCUT2D eigenvalue weighted by Crippen LogP contribution is -2.42. The van der Waals surface area contributed by atoms with Crippen molar-refractivity contribution in [1.29, 1.82) is 0 Å². The van der Waals surface area contributed by atoms with Crippen LogP contribution >= 0.6 is 0 Å². The molecule has 1 aliphatic heterocycles. The van der Waals surface area contributed by atoms with Crippen LogP contribution in [0.4, 0.5) is 0 Å². The monoisotopic (exact) mass is 264 g/mol. The zero-order valence-corrected chi connectivity index (χ0v) is 11.0. The molecule has 0 radical (unpaired) electrons. The third-order valence-corrected chi connectivity index (χ3v) is 4.72. The van der Waals surface area contributed by atoms with E-state index in [0.717, 1.165) is 25.9 Å². The van der Waals surface area contributed by atoms with E-state index in [0.29, 0.717) is 12.5 Å². The average molecular weight is 264 g/mol. The van der Waals surface area contributed by atoms with E-state index in [1.165, 1.54) is 14.0 Å². The zero-order valence-electron chi connectivity index (χ0n) is 10.2. The Kier molecular flexibility index (Phi) is 5.35. The van der Waals surface area contributed by atoms with Crippen molar-refractivity contribution < 1.29 is 17.9 Å². The van der Waals surface area contributed by atoms with E-state index in [9.17, 15) is 13.2 Å². The lowest BCUT2D eigenvalue weighted by Gasteiger charge is -2.23. The van der Waals surface area contributed by atoms with E-state index in [1.807, 2.05) is 0 Å².